The van der Waals surface area contributed by atoms with Crippen molar-refractivity contribution >= 4 is 17.5 Å². The molecule has 1 aromatic heterocycles. The number of fused-ring (bicyclic) bond motifs is 5. The number of para-hydroxylation sites is 1. The van der Waals surface area contributed by atoms with Crippen LogP contribution in [0.3, 0.4) is 0 Å². The molecule has 0 bridgehead atoms. The van der Waals surface area contributed by atoms with E-state index >= 15 is 0 Å². The van der Waals surface area contributed by atoms with E-state index in [1.807, 2.05) is 84.3 Å². The first-order valence-electron chi connectivity index (χ1n) is 15.2. The Morgan fingerprint density at radius 3 is 2.16 bits per heavy atom. The van der Waals surface area contributed by atoms with Gasteiger partial charge in [-0.2, -0.15) is 0 Å². The van der Waals surface area contributed by atoms with Crippen LogP contribution in [0.15, 0.2) is 72.8 Å². The SMILES string of the molecule is CNC(C)(C)CCNC(=O)c1ccc(-n2nnc3c2-c2ccccc2CN(C(=O)CCC(C)(C)NC)c2ccccc2-3)cc1. The third kappa shape index (κ3) is 6.59. The molecule has 0 fully saturated rings. The van der Waals surface area contributed by atoms with Crippen molar-refractivity contribution in [3.63, 3.8) is 0 Å². The van der Waals surface area contributed by atoms with Crippen LogP contribution in [0.4, 0.5) is 5.69 Å². The van der Waals surface area contributed by atoms with Gasteiger partial charge in [0.2, 0.25) is 5.91 Å². The number of hydrogen-bond donors (Lipinski definition) is 3. The van der Waals surface area contributed by atoms with Crippen LogP contribution >= 0.6 is 0 Å². The van der Waals surface area contributed by atoms with E-state index in [0.717, 1.165) is 40.2 Å². The largest absolute Gasteiger partial charge is 0.352 e. The number of nitrogens with one attached hydrogen (secondary N) is 3. The van der Waals surface area contributed by atoms with E-state index in [9.17, 15) is 9.59 Å². The summed E-state index contributed by atoms with van der Waals surface area (Å²) in [6.45, 7) is 9.43. The molecule has 3 N–H and O–H groups in total. The third-order valence-corrected chi connectivity index (χ3v) is 8.75. The maximum absolute atomic E-state index is 13.8. The highest BCUT2D eigenvalue weighted by Gasteiger charge is 2.30. The topological polar surface area (TPSA) is 104 Å². The summed E-state index contributed by atoms with van der Waals surface area (Å²) in [4.78, 5) is 28.5. The molecule has 0 saturated heterocycles. The van der Waals surface area contributed by atoms with Gasteiger partial charge >= 0.3 is 0 Å². The molecule has 4 aromatic rings. The number of rotatable bonds is 10. The predicted molar refractivity (Wildman–Crippen MR) is 176 cm³/mol. The first-order chi connectivity index (χ1) is 21.0. The molecule has 0 unspecified atom stereocenters. The zero-order chi connectivity index (χ0) is 31.5. The zero-order valence-corrected chi connectivity index (χ0v) is 26.6. The van der Waals surface area contributed by atoms with Gasteiger partial charge in [-0.25, -0.2) is 4.68 Å². The fraction of sp³-hybridized carbons (Fsp3) is 0.371. The zero-order valence-electron chi connectivity index (χ0n) is 26.6. The van der Waals surface area contributed by atoms with Gasteiger partial charge in [0.25, 0.3) is 5.91 Å². The van der Waals surface area contributed by atoms with Gasteiger partial charge in [-0.3, -0.25) is 9.59 Å². The number of hydrogen-bond acceptors (Lipinski definition) is 6. The monoisotopic (exact) mass is 593 g/mol. The Kier molecular flexibility index (Phi) is 8.99. The number of benzene rings is 3. The van der Waals surface area contributed by atoms with Crippen LogP contribution in [-0.2, 0) is 11.3 Å². The van der Waals surface area contributed by atoms with Gasteiger partial charge in [0, 0.05) is 40.7 Å². The molecule has 2 amide bonds. The van der Waals surface area contributed by atoms with E-state index < -0.39 is 0 Å². The molecule has 1 aliphatic heterocycles. The first kappa shape index (κ1) is 31.1. The van der Waals surface area contributed by atoms with Crippen LogP contribution in [0, 0.1) is 0 Å². The number of aromatic nitrogens is 3. The number of nitrogens with zero attached hydrogens (tertiary/aromatic N) is 4. The maximum Gasteiger partial charge on any atom is 0.251 e. The summed E-state index contributed by atoms with van der Waals surface area (Å²) in [7, 11) is 3.85. The maximum atomic E-state index is 13.8. The van der Waals surface area contributed by atoms with Crippen molar-refractivity contribution in [1.29, 1.82) is 0 Å². The highest BCUT2D eigenvalue weighted by atomic mass is 16.2. The number of carbonyl (C=O) groups is 2. The molecule has 9 nitrogen and oxygen atoms in total. The van der Waals surface area contributed by atoms with Crippen molar-refractivity contribution in [2.24, 2.45) is 0 Å². The molecular formula is C35H43N7O2. The number of anilines is 1. The van der Waals surface area contributed by atoms with Gasteiger partial charge < -0.3 is 20.9 Å². The van der Waals surface area contributed by atoms with Crippen molar-refractivity contribution in [1.82, 2.24) is 30.9 Å². The Balaban J connectivity index is 1.50. The van der Waals surface area contributed by atoms with Crippen LogP contribution in [-0.4, -0.2) is 58.5 Å². The second-order valence-electron chi connectivity index (χ2n) is 12.7. The van der Waals surface area contributed by atoms with Gasteiger partial charge in [0.05, 0.1) is 17.9 Å². The Bertz CT molecular complexity index is 1640. The third-order valence-electron chi connectivity index (χ3n) is 8.75. The quantitative estimate of drug-likeness (QED) is 0.229. The minimum Gasteiger partial charge on any atom is -0.352 e. The minimum atomic E-state index is -0.147. The Morgan fingerprint density at radius 1 is 0.818 bits per heavy atom. The Labute approximate surface area is 260 Å². The van der Waals surface area contributed by atoms with Crippen molar-refractivity contribution < 1.29 is 9.59 Å². The van der Waals surface area contributed by atoms with Gasteiger partial charge in [0.15, 0.2) is 0 Å². The fourth-order valence-electron chi connectivity index (χ4n) is 5.31. The van der Waals surface area contributed by atoms with Gasteiger partial charge in [-0.1, -0.05) is 47.7 Å². The number of amides is 2. The van der Waals surface area contributed by atoms with Crippen LogP contribution in [0.1, 0.15) is 62.9 Å². The first-order valence-corrected chi connectivity index (χ1v) is 15.2. The molecule has 0 aliphatic carbocycles. The summed E-state index contributed by atoms with van der Waals surface area (Å²) >= 11 is 0. The summed E-state index contributed by atoms with van der Waals surface area (Å²) < 4.78 is 1.83. The van der Waals surface area contributed by atoms with Gasteiger partial charge in [-0.15, -0.1) is 5.10 Å². The Hall–Kier alpha value is -4.34. The number of carbonyl (C=O) groups excluding carboxylic acids is 2. The lowest BCUT2D eigenvalue weighted by Gasteiger charge is -2.30. The average Bonchev–Trinajstić information content (AvgIpc) is 3.46. The molecular weight excluding hydrogens is 550 g/mol. The normalized spacial score (nSPS) is 12.9. The van der Waals surface area contributed by atoms with Crippen LogP contribution < -0.4 is 20.9 Å². The average molecular weight is 594 g/mol. The van der Waals surface area contributed by atoms with Crippen molar-refractivity contribution in [3.05, 3.63) is 83.9 Å². The van der Waals surface area contributed by atoms with Crippen molar-refractivity contribution in [2.45, 2.75) is 64.6 Å². The lowest BCUT2D eigenvalue weighted by Crippen LogP contribution is -2.40. The van der Waals surface area contributed by atoms with E-state index in [-0.39, 0.29) is 22.9 Å². The molecule has 2 heterocycles. The molecule has 3 aromatic carbocycles. The van der Waals surface area contributed by atoms with E-state index in [0.29, 0.717) is 37.2 Å². The smallest absolute Gasteiger partial charge is 0.251 e. The molecule has 0 saturated carbocycles. The lowest BCUT2D eigenvalue weighted by atomic mass is 9.94. The molecule has 0 spiro atoms. The summed E-state index contributed by atoms with van der Waals surface area (Å²) in [5, 5.41) is 18.9. The Morgan fingerprint density at radius 2 is 1.45 bits per heavy atom. The van der Waals surface area contributed by atoms with E-state index in [1.54, 1.807) is 0 Å². The molecule has 44 heavy (non-hydrogen) atoms. The van der Waals surface area contributed by atoms with E-state index in [1.165, 1.54) is 0 Å². The molecule has 1 aliphatic rings. The highest BCUT2D eigenvalue weighted by molar-refractivity contribution is 6.00. The van der Waals surface area contributed by atoms with Crippen LogP contribution in [0.2, 0.25) is 0 Å². The molecule has 9 heteroatoms. The molecule has 5 rings (SSSR count). The van der Waals surface area contributed by atoms with Gasteiger partial charge in [0.1, 0.15) is 11.4 Å². The molecule has 230 valence electrons. The summed E-state index contributed by atoms with van der Waals surface area (Å²) in [6, 6.07) is 23.5. The second-order valence-corrected chi connectivity index (χ2v) is 12.7. The lowest BCUT2D eigenvalue weighted by molar-refractivity contribution is -0.119. The van der Waals surface area contributed by atoms with E-state index in [2.05, 4.69) is 66.1 Å². The standard InChI is InChI=1S/C35H43N7O2/c1-34(2,36-5)20-19-30(43)41-23-25-11-7-8-12-27(25)32-31(28-13-9-10-14-29(28)41)39-40-42(32)26-17-15-24(16-18-26)33(44)38-22-21-35(3,4)37-6/h7-18,36-37H,19-23H2,1-6H3,(H,38,44). The van der Waals surface area contributed by atoms with Gasteiger partial charge in [-0.05, 0) is 90.5 Å². The van der Waals surface area contributed by atoms with Crippen LogP contribution in [0.25, 0.3) is 28.2 Å². The highest BCUT2D eigenvalue weighted by Crippen LogP contribution is 2.42. The van der Waals surface area contributed by atoms with Crippen molar-refractivity contribution in [3.8, 4) is 28.2 Å². The molecule has 0 radical (unpaired) electrons. The summed E-state index contributed by atoms with van der Waals surface area (Å²) in [5.41, 5.74) is 6.37. The summed E-state index contributed by atoms with van der Waals surface area (Å²) in [5.74, 6) is -0.0469. The molecule has 0 atom stereocenters. The van der Waals surface area contributed by atoms with Crippen molar-refractivity contribution in [2.75, 3.05) is 25.5 Å². The second kappa shape index (κ2) is 12.7. The minimum absolute atomic E-state index is 0.0520. The fourth-order valence-corrected chi connectivity index (χ4v) is 5.31. The predicted octanol–water partition coefficient (Wildman–Crippen LogP) is 5.34. The summed E-state index contributed by atoms with van der Waals surface area (Å²) in [6.07, 6.45) is 1.94. The van der Waals surface area contributed by atoms with Crippen LogP contribution in [0.5, 0.6) is 0 Å². The van der Waals surface area contributed by atoms with E-state index in [4.69, 9.17) is 0 Å².